The van der Waals surface area contributed by atoms with Gasteiger partial charge in [0, 0.05) is 106 Å². The van der Waals surface area contributed by atoms with Gasteiger partial charge >= 0.3 is 5.97 Å². The number of piperazine rings is 1. The lowest BCUT2D eigenvalue weighted by molar-refractivity contribution is -0.929. The maximum Gasteiger partial charge on any atom is 0.359 e. The topological polar surface area (TPSA) is 164 Å². The Labute approximate surface area is 341 Å². The Morgan fingerprint density at radius 3 is 2.38 bits per heavy atom. The van der Waals surface area contributed by atoms with Gasteiger partial charge in [0.05, 0.1) is 61.5 Å². The summed E-state index contributed by atoms with van der Waals surface area (Å²) in [5.74, 6) is -1.52. The summed E-state index contributed by atoms with van der Waals surface area (Å²) in [4.78, 5) is 59.9. The fourth-order valence-electron chi connectivity index (χ4n) is 8.49. The zero-order valence-corrected chi connectivity index (χ0v) is 33.8. The largest absolute Gasteiger partial charge is 0.477 e. The van der Waals surface area contributed by atoms with Crippen LogP contribution in [0.5, 0.6) is 0 Å². The number of rotatable bonds is 13. The van der Waals surface area contributed by atoms with Crippen LogP contribution in [0.3, 0.4) is 0 Å². The Hall–Kier alpha value is -5.16. The van der Waals surface area contributed by atoms with Gasteiger partial charge in [-0.3, -0.25) is 19.1 Å². The number of hydrogen-bond acceptors (Lipinski definition) is 8. The number of benzene rings is 2. The van der Waals surface area contributed by atoms with Gasteiger partial charge < -0.3 is 39.3 Å². The lowest BCUT2D eigenvalue weighted by atomic mass is 9.90. The highest BCUT2D eigenvalue weighted by Gasteiger charge is 2.42. The molecule has 17 heteroatoms. The van der Waals surface area contributed by atoms with E-state index in [-0.39, 0.29) is 40.7 Å². The van der Waals surface area contributed by atoms with Crippen molar-refractivity contribution >= 4 is 41.0 Å². The van der Waals surface area contributed by atoms with Crippen molar-refractivity contribution < 1.29 is 37.9 Å². The van der Waals surface area contributed by atoms with E-state index in [2.05, 4.69) is 20.7 Å². The second-order valence-corrected chi connectivity index (χ2v) is 16.1. The fraction of sp³-hybridized carbons (Fsp3) is 0.463. The van der Waals surface area contributed by atoms with E-state index in [9.17, 15) is 24.3 Å². The molecular formula is C41H50ClFN9O6+. The average molecular weight is 819 g/mol. The number of hydrogen-bond donors (Lipinski definition) is 3. The first-order valence-electron chi connectivity index (χ1n) is 19.7. The number of nitrogens with zero attached hydrogens (tertiary/aromatic N) is 7. The number of aliphatic carboxylic acids is 1. The minimum atomic E-state index is -0.801. The first-order valence-corrected chi connectivity index (χ1v) is 20.0. The second-order valence-electron chi connectivity index (χ2n) is 15.7. The van der Waals surface area contributed by atoms with Crippen LogP contribution in [-0.2, 0) is 27.9 Å². The van der Waals surface area contributed by atoms with Crippen molar-refractivity contribution in [1.82, 2.24) is 34.4 Å². The van der Waals surface area contributed by atoms with Crippen molar-refractivity contribution in [2.24, 2.45) is 18.9 Å². The molecule has 4 aromatic rings. The van der Waals surface area contributed by atoms with Crippen LogP contribution in [0.15, 0.2) is 48.8 Å². The number of anilines is 1. The smallest absolute Gasteiger partial charge is 0.359 e. The highest BCUT2D eigenvalue weighted by atomic mass is 35.5. The summed E-state index contributed by atoms with van der Waals surface area (Å²) >= 11 is 6.60. The van der Waals surface area contributed by atoms with Gasteiger partial charge in [0.1, 0.15) is 5.82 Å². The van der Waals surface area contributed by atoms with E-state index in [0.29, 0.717) is 104 Å². The normalized spacial score (nSPS) is 19.8. The molecule has 0 spiro atoms. The van der Waals surface area contributed by atoms with Gasteiger partial charge in [0.2, 0.25) is 5.91 Å². The lowest BCUT2D eigenvalue weighted by Crippen LogP contribution is -2.62. The van der Waals surface area contributed by atoms with Crippen molar-refractivity contribution in [1.29, 1.82) is 0 Å². The predicted molar refractivity (Wildman–Crippen MR) is 215 cm³/mol. The number of halogens is 2. The molecule has 3 aliphatic rings. The Morgan fingerprint density at radius 2 is 1.74 bits per heavy atom. The number of likely N-dealkylation sites (tertiary alicyclic amines) is 1. The number of piperidine rings is 1. The summed E-state index contributed by atoms with van der Waals surface area (Å²) in [6.45, 7) is 8.53. The molecule has 5 heterocycles. The van der Waals surface area contributed by atoms with Gasteiger partial charge in [0.25, 0.3) is 11.8 Å². The fourth-order valence-corrected chi connectivity index (χ4v) is 8.75. The second kappa shape index (κ2) is 17.4. The van der Waals surface area contributed by atoms with E-state index >= 15 is 4.39 Å². The van der Waals surface area contributed by atoms with Crippen molar-refractivity contribution in [3.05, 3.63) is 76.7 Å². The third-order valence-corrected chi connectivity index (χ3v) is 12.2. The van der Waals surface area contributed by atoms with Crippen molar-refractivity contribution in [2.75, 3.05) is 84.5 Å². The third kappa shape index (κ3) is 8.65. The van der Waals surface area contributed by atoms with Gasteiger partial charge in [-0.1, -0.05) is 23.7 Å². The van der Waals surface area contributed by atoms with Crippen LogP contribution >= 0.6 is 11.6 Å². The number of nitrogens with one attached hydrogen (secondary N) is 2. The van der Waals surface area contributed by atoms with Crippen molar-refractivity contribution in [3.8, 4) is 22.4 Å². The van der Waals surface area contributed by atoms with Crippen LogP contribution in [0.2, 0.25) is 5.02 Å². The summed E-state index contributed by atoms with van der Waals surface area (Å²) < 4.78 is 24.5. The Kier molecular flexibility index (Phi) is 12.3. The van der Waals surface area contributed by atoms with Crippen LogP contribution in [0.4, 0.5) is 10.1 Å². The van der Waals surface area contributed by atoms with E-state index < -0.39 is 17.7 Å². The van der Waals surface area contributed by atoms with Gasteiger partial charge in [-0.25, -0.2) is 14.2 Å². The Bertz CT molecular complexity index is 2190. The Balaban J connectivity index is 0.925. The van der Waals surface area contributed by atoms with Crippen LogP contribution in [-0.4, -0.2) is 142 Å². The number of carbonyl (C=O) groups is 4. The molecule has 15 nitrogen and oxygen atoms in total. The van der Waals surface area contributed by atoms with Crippen molar-refractivity contribution in [3.63, 3.8) is 0 Å². The van der Waals surface area contributed by atoms with Crippen LogP contribution in [0, 0.1) is 24.6 Å². The number of amides is 3. The number of quaternary nitrogens is 1. The van der Waals surface area contributed by atoms with Gasteiger partial charge in [-0.05, 0) is 31.2 Å². The number of carbonyl (C=O) groups excluding carboxylic acids is 3. The minimum absolute atomic E-state index is 0.0714. The molecule has 58 heavy (non-hydrogen) atoms. The first-order chi connectivity index (χ1) is 27.9. The Morgan fingerprint density at radius 1 is 1.02 bits per heavy atom. The van der Waals surface area contributed by atoms with Crippen molar-refractivity contribution in [2.45, 2.75) is 26.3 Å². The number of methoxy groups -OCH3 is 1. The SMILES string of the molecule is COCCn1ncc(-c2ccc(-c3cnc(C(=O)Nc4ccc(C(=O)N5CCN(C(=O)C6CC[N+](CC(=O)O)(CC7CNC7)CC6)CC5)c(Cl)c4)n3C)cc2F)c1C. The molecule has 3 fully saturated rings. The monoisotopic (exact) mass is 818 g/mol. The quantitative estimate of drug-likeness (QED) is 0.171. The predicted octanol–water partition coefficient (Wildman–Crippen LogP) is 3.77. The maximum absolute atomic E-state index is 15.5. The van der Waals surface area contributed by atoms with Gasteiger partial charge in [-0.2, -0.15) is 5.10 Å². The molecule has 308 valence electrons. The molecule has 3 saturated heterocycles. The standard InChI is InChI=1S/C41H49ClFN9O6/c1-26-33(22-46-51(26)14-17-58-3)31-6-4-29(18-35(31)43)36-23-45-38(48(36)2)39(55)47-30-5-7-32(34(42)19-30)41(57)50-12-10-49(11-13-50)40(56)28-8-15-52(16-9-28,25-37(53)54)24-27-20-44-21-27/h4-7,18-19,22-23,27-28,44H,8-17,20-21,24-25H2,1-3H3,(H-,47,53,54,55,57)/p+1. The van der Waals surface area contributed by atoms with E-state index in [1.807, 2.05) is 11.8 Å². The summed E-state index contributed by atoms with van der Waals surface area (Å²) in [5.41, 5.74) is 3.65. The minimum Gasteiger partial charge on any atom is -0.477 e. The highest BCUT2D eigenvalue weighted by molar-refractivity contribution is 6.34. The summed E-state index contributed by atoms with van der Waals surface area (Å²) in [5, 5.41) is 20.2. The molecule has 0 saturated carbocycles. The number of carboxylic acid groups (broad SMARTS) is 1. The zero-order valence-electron chi connectivity index (χ0n) is 33.0. The van der Waals surface area contributed by atoms with Crippen LogP contribution in [0.1, 0.15) is 39.5 Å². The molecule has 0 radical (unpaired) electrons. The van der Waals surface area contributed by atoms with Gasteiger partial charge in [0.15, 0.2) is 12.4 Å². The number of carboxylic acids is 1. The summed E-state index contributed by atoms with van der Waals surface area (Å²) in [6, 6.07) is 9.55. The lowest BCUT2D eigenvalue weighted by Gasteiger charge is -2.46. The molecule has 2 aromatic carbocycles. The molecule has 0 aliphatic carbocycles. The maximum atomic E-state index is 15.5. The summed E-state index contributed by atoms with van der Waals surface area (Å²) in [6.07, 6.45) is 4.46. The third-order valence-electron chi connectivity index (χ3n) is 11.9. The molecule has 2 aromatic heterocycles. The van der Waals surface area contributed by atoms with Crippen LogP contribution in [0.25, 0.3) is 22.4 Å². The number of aromatic nitrogens is 4. The van der Waals surface area contributed by atoms with E-state index in [0.717, 1.165) is 25.3 Å². The first kappa shape index (κ1) is 41.0. The molecule has 3 aliphatic heterocycles. The molecular weight excluding hydrogens is 769 g/mol. The molecule has 3 amide bonds. The van der Waals surface area contributed by atoms with E-state index in [1.165, 1.54) is 18.3 Å². The zero-order chi connectivity index (χ0) is 41.1. The van der Waals surface area contributed by atoms with E-state index in [1.54, 1.807) is 58.8 Å². The van der Waals surface area contributed by atoms with Gasteiger partial charge in [-0.15, -0.1) is 0 Å². The molecule has 0 bridgehead atoms. The van der Waals surface area contributed by atoms with E-state index in [4.69, 9.17) is 16.3 Å². The summed E-state index contributed by atoms with van der Waals surface area (Å²) in [7, 11) is 3.29. The number of imidazole rings is 1. The molecule has 3 N–H and O–H groups in total. The molecule has 7 rings (SSSR count). The number of ether oxygens (including phenoxy) is 1. The molecule has 0 unspecified atom stereocenters. The van der Waals surface area contributed by atoms with Crippen LogP contribution < -0.4 is 10.6 Å². The molecule has 0 atom stereocenters. The average Bonchev–Trinajstić information content (AvgIpc) is 3.76. The highest BCUT2D eigenvalue weighted by Crippen LogP contribution is 2.32.